The topological polar surface area (TPSA) is 66.0 Å². The average molecular weight is 380 g/mol. The molecule has 0 spiro atoms. The first kappa shape index (κ1) is 19.7. The lowest BCUT2D eigenvalue weighted by molar-refractivity contribution is -0.118. The summed E-state index contributed by atoms with van der Waals surface area (Å²) in [4.78, 5) is 18.7. The van der Waals surface area contributed by atoms with Crippen molar-refractivity contribution in [3.8, 4) is 5.75 Å². The standard InChI is InChI=1S/C22H28N4O2/c1-23-22(25-16-17-7-5-9-19(15-17)28-2)24-13-6-11-21(27)26-14-12-18-8-3-4-10-20(18)26/h3-5,7-10,15H,6,11-14,16H2,1-2H3,(H2,23,24,25). The summed E-state index contributed by atoms with van der Waals surface area (Å²) in [6.07, 6.45) is 2.23. The van der Waals surface area contributed by atoms with Gasteiger partial charge in [-0.1, -0.05) is 30.3 Å². The molecule has 0 unspecified atom stereocenters. The lowest BCUT2D eigenvalue weighted by Crippen LogP contribution is -2.37. The molecule has 0 fully saturated rings. The Morgan fingerprint density at radius 3 is 2.86 bits per heavy atom. The third-order valence-electron chi connectivity index (χ3n) is 4.87. The minimum atomic E-state index is 0.186. The Labute approximate surface area is 166 Å². The highest BCUT2D eigenvalue weighted by atomic mass is 16.5. The van der Waals surface area contributed by atoms with E-state index in [1.807, 2.05) is 47.4 Å². The van der Waals surface area contributed by atoms with E-state index in [2.05, 4.69) is 21.7 Å². The molecule has 0 aromatic heterocycles. The molecule has 2 aromatic carbocycles. The molecule has 1 aliphatic heterocycles. The molecule has 28 heavy (non-hydrogen) atoms. The number of fused-ring (bicyclic) bond motifs is 1. The molecule has 1 aliphatic rings. The predicted octanol–water partition coefficient (Wildman–Crippen LogP) is 2.73. The van der Waals surface area contributed by atoms with E-state index >= 15 is 0 Å². The van der Waals surface area contributed by atoms with Crippen molar-refractivity contribution in [1.82, 2.24) is 10.6 Å². The fourth-order valence-electron chi connectivity index (χ4n) is 3.37. The summed E-state index contributed by atoms with van der Waals surface area (Å²) in [6.45, 7) is 2.13. The summed E-state index contributed by atoms with van der Waals surface area (Å²) in [5.41, 5.74) is 3.44. The summed E-state index contributed by atoms with van der Waals surface area (Å²) in [7, 11) is 3.41. The molecular formula is C22H28N4O2. The first-order valence-electron chi connectivity index (χ1n) is 9.67. The number of para-hydroxylation sites is 1. The van der Waals surface area contributed by atoms with Crippen molar-refractivity contribution >= 4 is 17.6 Å². The van der Waals surface area contributed by atoms with Crippen LogP contribution in [0.25, 0.3) is 0 Å². The Bertz CT molecular complexity index is 835. The van der Waals surface area contributed by atoms with Crippen LogP contribution in [0.5, 0.6) is 5.75 Å². The summed E-state index contributed by atoms with van der Waals surface area (Å²) in [5, 5.41) is 6.55. The molecular weight excluding hydrogens is 352 g/mol. The lowest BCUT2D eigenvalue weighted by atomic mass is 10.2. The number of aliphatic imine (C=N–C) groups is 1. The second kappa shape index (κ2) is 9.78. The number of nitrogens with one attached hydrogen (secondary N) is 2. The van der Waals surface area contributed by atoms with Crippen LogP contribution in [0.1, 0.15) is 24.0 Å². The molecule has 1 heterocycles. The largest absolute Gasteiger partial charge is 0.497 e. The molecule has 1 amide bonds. The molecule has 0 aliphatic carbocycles. The number of anilines is 1. The van der Waals surface area contributed by atoms with Crippen LogP contribution < -0.4 is 20.3 Å². The predicted molar refractivity (Wildman–Crippen MR) is 113 cm³/mol. The van der Waals surface area contributed by atoms with Crippen LogP contribution in [0.2, 0.25) is 0 Å². The van der Waals surface area contributed by atoms with Crippen molar-refractivity contribution in [1.29, 1.82) is 0 Å². The number of benzene rings is 2. The molecule has 0 saturated carbocycles. The molecule has 3 rings (SSSR count). The second-order valence-electron chi connectivity index (χ2n) is 6.73. The number of hydrogen-bond donors (Lipinski definition) is 2. The van der Waals surface area contributed by atoms with Gasteiger partial charge in [0, 0.05) is 38.8 Å². The van der Waals surface area contributed by atoms with Crippen molar-refractivity contribution in [3.63, 3.8) is 0 Å². The third-order valence-corrected chi connectivity index (χ3v) is 4.87. The third kappa shape index (κ3) is 5.03. The number of amides is 1. The number of carbonyl (C=O) groups is 1. The fraction of sp³-hybridized carbons (Fsp3) is 0.364. The van der Waals surface area contributed by atoms with Gasteiger partial charge in [0.05, 0.1) is 7.11 Å². The number of nitrogens with zero attached hydrogens (tertiary/aromatic N) is 2. The van der Waals surface area contributed by atoms with Gasteiger partial charge in [-0.25, -0.2) is 0 Å². The highest BCUT2D eigenvalue weighted by Crippen LogP contribution is 2.27. The highest BCUT2D eigenvalue weighted by molar-refractivity contribution is 5.95. The quantitative estimate of drug-likeness (QED) is 0.440. The molecule has 0 bridgehead atoms. The Kier molecular flexibility index (Phi) is 6.89. The average Bonchev–Trinajstić information content (AvgIpc) is 3.17. The highest BCUT2D eigenvalue weighted by Gasteiger charge is 2.23. The van der Waals surface area contributed by atoms with Gasteiger partial charge in [-0.05, 0) is 42.2 Å². The SMILES string of the molecule is CN=C(NCCCC(=O)N1CCc2ccccc21)NCc1cccc(OC)c1. The molecule has 2 aromatic rings. The van der Waals surface area contributed by atoms with Gasteiger partial charge >= 0.3 is 0 Å². The smallest absolute Gasteiger partial charge is 0.227 e. The van der Waals surface area contributed by atoms with E-state index in [-0.39, 0.29) is 5.91 Å². The van der Waals surface area contributed by atoms with Crippen LogP contribution in [-0.4, -0.2) is 39.1 Å². The van der Waals surface area contributed by atoms with E-state index in [0.29, 0.717) is 19.5 Å². The fourth-order valence-corrected chi connectivity index (χ4v) is 3.37. The Morgan fingerprint density at radius 2 is 2.04 bits per heavy atom. The maximum atomic E-state index is 12.5. The number of ether oxygens (including phenoxy) is 1. The van der Waals surface area contributed by atoms with E-state index in [1.54, 1.807) is 14.2 Å². The van der Waals surface area contributed by atoms with Crippen LogP contribution in [0.15, 0.2) is 53.5 Å². The van der Waals surface area contributed by atoms with Gasteiger partial charge in [-0.15, -0.1) is 0 Å². The first-order valence-corrected chi connectivity index (χ1v) is 9.67. The number of guanidine groups is 1. The molecule has 6 heteroatoms. The summed E-state index contributed by atoms with van der Waals surface area (Å²) >= 11 is 0. The lowest BCUT2D eigenvalue weighted by Gasteiger charge is -2.17. The van der Waals surface area contributed by atoms with Gasteiger partial charge in [-0.2, -0.15) is 0 Å². The van der Waals surface area contributed by atoms with Crippen molar-refractivity contribution in [2.45, 2.75) is 25.8 Å². The number of rotatable bonds is 7. The molecule has 148 valence electrons. The molecule has 0 atom stereocenters. The Morgan fingerprint density at radius 1 is 1.18 bits per heavy atom. The van der Waals surface area contributed by atoms with Crippen LogP contribution in [0.3, 0.4) is 0 Å². The van der Waals surface area contributed by atoms with Gasteiger partial charge < -0.3 is 20.3 Å². The van der Waals surface area contributed by atoms with Crippen LogP contribution in [0, 0.1) is 0 Å². The van der Waals surface area contributed by atoms with Crippen LogP contribution >= 0.6 is 0 Å². The van der Waals surface area contributed by atoms with E-state index < -0.39 is 0 Å². The molecule has 0 saturated heterocycles. The minimum Gasteiger partial charge on any atom is -0.497 e. The van der Waals surface area contributed by atoms with Crippen LogP contribution in [0.4, 0.5) is 5.69 Å². The van der Waals surface area contributed by atoms with Gasteiger partial charge in [0.2, 0.25) is 5.91 Å². The molecule has 6 nitrogen and oxygen atoms in total. The maximum Gasteiger partial charge on any atom is 0.227 e. The van der Waals surface area contributed by atoms with Gasteiger partial charge in [0.15, 0.2) is 5.96 Å². The van der Waals surface area contributed by atoms with Gasteiger partial charge in [0.1, 0.15) is 5.75 Å². The van der Waals surface area contributed by atoms with Crippen molar-refractivity contribution in [3.05, 3.63) is 59.7 Å². The van der Waals surface area contributed by atoms with E-state index in [4.69, 9.17) is 4.74 Å². The van der Waals surface area contributed by atoms with Gasteiger partial charge in [-0.3, -0.25) is 9.79 Å². The normalized spacial score (nSPS) is 13.2. The Hall–Kier alpha value is -3.02. The maximum absolute atomic E-state index is 12.5. The van der Waals surface area contributed by atoms with Crippen molar-refractivity contribution in [2.75, 3.05) is 32.1 Å². The molecule has 0 radical (unpaired) electrons. The number of carbonyl (C=O) groups excluding carboxylic acids is 1. The molecule has 2 N–H and O–H groups in total. The Balaban J connectivity index is 1.39. The van der Waals surface area contributed by atoms with Crippen molar-refractivity contribution in [2.24, 2.45) is 4.99 Å². The van der Waals surface area contributed by atoms with E-state index in [0.717, 1.165) is 42.3 Å². The van der Waals surface area contributed by atoms with E-state index in [9.17, 15) is 4.79 Å². The van der Waals surface area contributed by atoms with E-state index in [1.165, 1.54) is 5.56 Å². The van der Waals surface area contributed by atoms with Crippen molar-refractivity contribution < 1.29 is 9.53 Å². The summed E-state index contributed by atoms with van der Waals surface area (Å²) in [6, 6.07) is 16.1. The van der Waals surface area contributed by atoms with Gasteiger partial charge in [0.25, 0.3) is 0 Å². The monoisotopic (exact) mass is 380 g/mol. The zero-order valence-corrected chi connectivity index (χ0v) is 16.6. The summed E-state index contributed by atoms with van der Waals surface area (Å²) < 4.78 is 5.24. The zero-order chi connectivity index (χ0) is 19.8. The second-order valence-corrected chi connectivity index (χ2v) is 6.73. The summed E-state index contributed by atoms with van der Waals surface area (Å²) in [5.74, 6) is 1.75. The zero-order valence-electron chi connectivity index (χ0n) is 16.6. The van der Waals surface area contributed by atoms with Crippen LogP contribution in [-0.2, 0) is 17.8 Å². The minimum absolute atomic E-state index is 0.186. The number of methoxy groups -OCH3 is 1. The first-order chi connectivity index (χ1) is 13.7. The number of hydrogen-bond acceptors (Lipinski definition) is 3.